The number of nitrogens with one attached hydrogen (secondary N) is 1. The molecule has 5 heteroatoms. The summed E-state index contributed by atoms with van der Waals surface area (Å²) in [7, 11) is 3.40. The number of carbonyl (C=O) groups excluding carboxylic acids is 1. The second-order valence-corrected chi connectivity index (χ2v) is 10.4. The average molecular weight is 493 g/mol. The Labute approximate surface area is 217 Å². The van der Waals surface area contributed by atoms with E-state index >= 15 is 0 Å². The predicted octanol–water partition coefficient (Wildman–Crippen LogP) is 6.10. The van der Waals surface area contributed by atoms with Crippen LogP contribution in [0.15, 0.2) is 42.0 Å². The van der Waals surface area contributed by atoms with Crippen molar-refractivity contribution in [2.45, 2.75) is 78.8 Å². The number of aryl methyl sites for hydroxylation is 3. The van der Waals surface area contributed by atoms with Crippen LogP contribution in [0.4, 0.5) is 0 Å². The first kappa shape index (κ1) is 27.8. The van der Waals surface area contributed by atoms with Crippen molar-refractivity contribution in [1.29, 1.82) is 0 Å². The second kappa shape index (κ2) is 12.0. The predicted molar refractivity (Wildman–Crippen MR) is 148 cm³/mol. The molecule has 1 unspecified atom stereocenters. The van der Waals surface area contributed by atoms with Crippen molar-refractivity contribution in [2.75, 3.05) is 27.3 Å². The Hall–Kier alpha value is -2.79. The number of likely N-dealkylation sites (tertiary alicyclic amines) is 1. The van der Waals surface area contributed by atoms with E-state index in [1.165, 1.54) is 33.4 Å². The van der Waals surface area contributed by atoms with Crippen molar-refractivity contribution >= 4 is 5.91 Å². The molecule has 0 spiro atoms. The molecule has 0 aromatic heterocycles. The maximum absolute atomic E-state index is 12.3. The molecule has 0 bridgehead atoms. The lowest BCUT2D eigenvalue weighted by Gasteiger charge is -2.43. The Kier molecular flexibility index (Phi) is 9.24. The summed E-state index contributed by atoms with van der Waals surface area (Å²) in [4.78, 5) is 14.8. The summed E-state index contributed by atoms with van der Waals surface area (Å²) in [6.45, 7) is 15.3. The summed E-state index contributed by atoms with van der Waals surface area (Å²) in [5, 5.41) is 3.34. The van der Waals surface area contributed by atoms with Gasteiger partial charge in [0.15, 0.2) is 0 Å². The number of piperidine rings is 1. The molecule has 3 rings (SSSR count). The van der Waals surface area contributed by atoms with Crippen molar-refractivity contribution in [3.63, 3.8) is 0 Å². The first-order chi connectivity index (χ1) is 17.1. The topological polar surface area (TPSA) is 50.8 Å². The van der Waals surface area contributed by atoms with Crippen LogP contribution in [-0.2, 0) is 17.8 Å². The van der Waals surface area contributed by atoms with Gasteiger partial charge in [-0.25, -0.2) is 0 Å². The summed E-state index contributed by atoms with van der Waals surface area (Å²) in [5.74, 6) is 1.82. The van der Waals surface area contributed by atoms with Crippen molar-refractivity contribution in [3.8, 4) is 11.5 Å². The van der Waals surface area contributed by atoms with Crippen LogP contribution in [0.25, 0.3) is 0 Å². The Morgan fingerprint density at radius 2 is 1.69 bits per heavy atom. The number of allylic oxidation sites excluding steroid dienone is 1. The van der Waals surface area contributed by atoms with E-state index in [0.717, 1.165) is 50.4 Å². The highest BCUT2D eigenvalue weighted by Gasteiger charge is 2.37. The third-order valence-corrected chi connectivity index (χ3v) is 7.56. The SMILES string of the molecule is CCc1cc(OC)cc(OC)c1C(C)/C=C(\C)C1(NC(C)=O)CCN(Cc2cc(C)cc(C)c2)CC1. The van der Waals surface area contributed by atoms with Crippen molar-refractivity contribution in [2.24, 2.45) is 0 Å². The van der Waals surface area contributed by atoms with Crippen molar-refractivity contribution in [3.05, 3.63) is 69.8 Å². The lowest BCUT2D eigenvalue weighted by molar-refractivity contribution is -0.121. The van der Waals surface area contributed by atoms with Gasteiger partial charge in [-0.3, -0.25) is 9.69 Å². The molecular formula is C31H44N2O3. The third-order valence-electron chi connectivity index (χ3n) is 7.56. The summed E-state index contributed by atoms with van der Waals surface area (Å²) < 4.78 is 11.3. The fourth-order valence-electron chi connectivity index (χ4n) is 5.84. The van der Waals surface area contributed by atoms with E-state index in [4.69, 9.17) is 9.47 Å². The van der Waals surface area contributed by atoms with Crippen LogP contribution in [0, 0.1) is 13.8 Å². The van der Waals surface area contributed by atoms with Gasteiger partial charge in [0.25, 0.3) is 0 Å². The highest BCUT2D eigenvalue weighted by atomic mass is 16.5. The number of methoxy groups -OCH3 is 2. The third kappa shape index (κ3) is 6.50. The van der Waals surface area contributed by atoms with Crippen LogP contribution in [0.2, 0.25) is 0 Å². The number of hydrogen-bond acceptors (Lipinski definition) is 4. The van der Waals surface area contributed by atoms with Crippen LogP contribution >= 0.6 is 0 Å². The molecule has 36 heavy (non-hydrogen) atoms. The zero-order valence-electron chi connectivity index (χ0n) is 23.5. The molecule has 2 aromatic rings. The second-order valence-electron chi connectivity index (χ2n) is 10.4. The lowest BCUT2D eigenvalue weighted by Crippen LogP contribution is -2.55. The fourth-order valence-corrected chi connectivity index (χ4v) is 5.84. The summed E-state index contributed by atoms with van der Waals surface area (Å²) in [6.07, 6.45) is 5.00. The number of amides is 1. The highest BCUT2D eigenvalue weighted by Crippen LogP contribution is 2.38. The van der Waals surface area contributed by atoms with Gasteiger partial charge in [0.2, 0.25) is 5.91 Å². The molecule has 1 atom stereocenters. The Balaban J connectivity index is 1.85. The molecule has 1 fully saturated rings. The van der Waals surface area contributed by atoms with Crippen LogP contribution in [0.3, 0.4) is 0 Å². The van der Waals surface area contributed by atoms with Gasteiger partial charge in [-0.05, 0) is 57.2 Å². The maximum Gasteiger partial charge on any atom is 0.217 e. The average Bonchev–Trinajstić information content (AvgIpc) is 2.83. The Bertz CT molecular complexity index is 1050. The Morgan fingerprint density at radius 3 is 2.22 bits per heavy atom. The molecule has 1 amide bonds. The van der Waals surface area contributed by atoms with E-state index in [1.807, 2.05) is 6.07 Å². The normalized spacial score (nSPS) is 16.9. The van der Waals surface area contributed by atoms with E-state index in [2.05, 4.69) is 75.2 Å². The minimum Gasteiger partial charge on any atom is -0.497 e. The molecule has 1 saturated heterocycles. The van der Waals surface area contributed by atoms with E-state index in [1.54, 1.807) is 21.1 Å². The highest BCUT2D eigenvalue weighted by molar-refractivity contribution is 5.74. The van der Waals surface area contributed by atoms with E-state index in [-0.39, 0.29) is 17.4 Å². The van der Waals surface area contributed by atoms with Crippen molar-refractivity contribution < 1.29 is 14.3 Å². The Morgan fingerprint density at radius 1 is 1.06 bits per heavy atom. The van der Waals surface area contributed by atoms with E-state index in [0.29, 0.717) is 0 Å². The molecule has 5 nitrogen and oxygen atoms in total. The molecule has 0 saturated carbocycles. The van der Waals surface area contributed by atoms with Gasteiger partial charge in [-0.2, -0.15) is 0 Å². The summed E-state index contributed by atoms with van der Waals surface area (Å²) in [6, 6.07) is 10.8. The van der Waals surface area contributed by atoms with Gasteiger partial charge in [0.05, 0.1) is 19.8 Å². The first-order valence-corrected chi connectivity index (χ1v) is 13.1. The molecule has 0 radical (unpaired) electrons. The van der Waals surface area contributed by atoms with E-state index in [9.17, 15) is 4.79 Å². The van der Waals surface area contributed by atoms with Crippen LogP contribution in [0.1, 0.15) is 74.3 Å². The minimum absolute atomic E-state index is 0.0226. The lowest BCUT2D eigenvalue weighted by atomic mass is 9.78. The number of carbonyl (C=O) groups is 1. The van der Waals surface area contributed by atoms with Crippen LogP contribution in [-0.4, -0.2) is 43.7 Å². The molecule has 196 valence electrons. The number of nitrogens with zero attached hydrogens (tertiary/aromatic N) is 1. The molecule has 1 N–H and O–H groups in total. The minimum atomic E-state index is -0.328. The molecule has 1 heterocycles. The van der Waals surface area contributed by atoms with Gasteiger partial charge >= 0.3 is 0 Å². The largest absolute Gasteiger partial charge is 0.497 e. The number of ether oxygens (including phenoxy) is 2. The van der Waals surface area contributed by atoms with Crippen LogP contribution < -0.4 is 14.8 Å². The molecule has 1 aliphatic heterocycles. The van der Waals surface area contributed by atoms with E-state index < -0.39 is 0 Å². The zero-order valence-corrected chi connectivity index (χ0v) is 23.5. The molecular weight excluding hydrogens is 448 g/mol. The van der Waals surface area contributed by atoms with Gasteiger partial charge in [0.1, 0.15) is 11.5 Å². The van der Waals surface area contributed by atoms with Crippen molar-refractivity contribution in [1.82, 2.24) is 10.2 Å². The van der Waals surface area contributed by atoms with Gasteiger partial charge < -0.3 is 14.8 Å². The maximum atomic E-state index is 12.3. The quantitative estimate of drug-likeness (QED) is 0.430. The standard InChI is InChI=1S/C31H44N2O3/c1-9-27-18-28(35-7)19-29(36-8)30(27)23(4)17-24(5)31(32-25(6)34)10-12-33(13-11-31)20-26-15-21(2)14-22(3)16-26/h14-19,23H,9-13,20H2,1-8H3,(H,32,34)/b24-17+. The number of hydrogen-bond donors (Lipinski definition) is 1. The zero-order chi connectivity index (χ0) is 26.5. The molecule has 1 aliphatic rings. The smallest absolute Gasteiger partial charge is 0.217 e. The molecule has 0 aliphatic carbocycles. The first-order valence-electron chi connectivity index (χ1n) is 13.1. The summed E-state index contributed by atoms with van der Waals surface area (Å²) in [5.41, 5.74) is 7.27. The van der Waals surface area contributed by atoms with Crippen LogP contribution in [0.5, 0.6) is 11.5 Å². The summed E-state index contributed by atoms with van der Waals surface area (Å²) >= 11 is 0. The fraction of sp³-hybridized carbons (Fsp3) is 0.516. The van der Waals surface area contributed by atoms with Gasteiger partial charge in [-0.15, -0.1) is 0 Å². The molecule has 2 aromatic carbocycles. The number of benzene rings is 2. The van der Waals surface area contributed by atoms with Gasteiger partial charge in [-0.1, -0.05) is 54.8 Å². The number of rotatable bonds is 9. The monoisotopic (exact) mass is 492 g/mol. The van der Waals surface area contributed by atoms with Gasteiger partial charge in [0, 0.05) is 44.1 Å².